The van der Waals surface area contributed by atoms with Crippen molar-refractivity contribution in [3.8, 4) is 0 Å². The Hall–Kier alpha value is -2.86. The number of allylic oxidation sites excluding steroid dienone is 22. The van der Waals surface area contributed by atoms with Crippen molar-refractivity contribution >= 4 is 0 Å². The Balaban J connectivity index is 1.87. The predicted octanol–water partition coefficient (Wildman–Crippen LogP) is 12.3. The molecule has 0 aromatic carbocycles. The molecular formula is C40H56. The molecule has 2 aliphatic rings. The van der Waals surface area contributed by atoms with E-state index in [0.717, 1.165) is 0 Å². The summed E-state index contributed by atoms with van der Waals surface area (Å²) in [4.78, 5) is 0. The summed E-state index contributed by atoms with van der Waals surface area (Å²) in [6.07, 6.45) is 40.6. The first-order valence-electron chi connectivity index (χ1n) is 15.2. The van der Waals surface area contributed by atoms with Gasteiger partial charge in [0.25, 0.3) is 0 Å². The van der Waals surface area contributed by atoms with Crippen LogP contribution < -0.4 is 0 Å². The lowest BCUT2D eigenvalue weighted by molar-refractivity contribution is 0.255. The van der Waals surface area contributed by atoms with Gasteiger partial charge in [0.15, 0.2) is 0 Å². The highest BCUT2D eigenvalue weighted by Gasteiger charge is 2.31. The number of hydrogen-bond acceptors (Lipinski definition) is 0. The van der Waals surface area contributed by atoms with Gasteiger partial charge in [0.2, 0.25) is 0 Å². The van der Waals surface area contributed by atoms with Gasteiger partial charge < -0.3 is 0 Å². The number of hydrogen-bond donors (Lipinski definition) is 0. The minimum atomic E-state index is 0.343. The highest BCUT2D eigenvalue weighted by atomic mass is 14.4. The lowest BCUT2D eigenvalue weighted by atomic mass is 9.68. The molecular weight excluding hydrogens is 480 g/mol. The van der Waals surface area contributed by atoms with Crippen molar-refractivity contribution in [1.29, 1.82) is 0 Å². The molecule has 0 radical (unpaired) electrons. The van der Waals surface area contributed by atoms with Gasteiger partial charge in [-0.05, 0) is 78.1 Å². The van der Waals surface area contributed by atoms with Gasteiger partial charge in [-0.3, -0.25) is 0 Å². The Kier molecular flexibility index (Phi) is 13.2. The second-order valence-electron chi connectivity index (χ2n) is 13.4. The van der Waals surface area contributed by atoms with Gasteiger partial charge in [-0.2, -0.15) is 0 Å². The molecule has 2 aliphatic carbocycles. The first-order chi connectivity index (χ1) is 18.8. The highest BCUT2D eigenvalue weighted by molar-refractivity contribution is 5.33. The topological polar surface area (TPSA) is 0 Å². The van der Waals surface area contributed by atoms with Crippen LogP contribution in [0.25, 0.3) is 0 Å². The SMILES string of the molecule is CC1=CCCC(C)(C)[C@@H]1/C=C/C(C)=C\C=C/C(C)=C/C=C/C=C(C)/C=C\C=C(C)/C=C/[C@H]1C(C)=CCCC1(C)C. The maximum atomic E-state index is 2.40. The fraction of sp³-hybridized carbons (Fsp3) is 0.450. The smallest absolute Gasteiger partial charge is 0.00285 e. The Morgan fingerprint density at radius 2 is 0.875 bits per heavy atom. The van der Waals surface area contributed by atoms with Crippen molar-refractivity contribution in [1.82, 2.24) is 0 Å². The van der Waals surface area contributed by atoms with Crippen LogP contribution in [0.4, 0.5) is 0 Å². The molecule has 2 rings (SSSR count). The van der Waals surface area contributed by atoms with E-state index in [2.05, 4.69) is 166 Å². The van der Waals surface area contributed by atoms with Crippen LogP contribution in [0, 0.1) is 22.7 Å². The molecule has 0 bridgehead atoms. The molecule has 0 aliphatic heterocycles. The molecule has 0 aromatic heterocycles. The molecule has 0 unspecified atom stereocenters. The van der Waals surface area contributed by atoms with Crippen molar-refractivity contribution < 1.29 is 0 Å². The third kappa shape index (κ3) is 11.3. The average molecular weight is 537 g/mol. The van der Waals surface area contributed by atoms with Crippen LogP contribution in [0.3, 0.4) is 0 Å². The van der Waals surface area contributed by atoms with Gasteiger partial charge in [0, 0.05) is 11.8 Å². The summed E-state index contributed by atoms with van der Waals surface area (Å²) < 4.78 is 0. The zero-order chi connectivity index (χ0) is 29.8. The van der Waals surface area contributed by atoms with E-state index in [1.807, 2.05) is 0 Å². The van der Waals surface area contributed by atoms with Crippen LogP contribution in [-0.4, -0.2) is 0 Å². The van der Waals surface area contributed by atoms with Gasteiger partial charge in [-0.15, -0.1) is 0 Å². The van der Waals surface area contributed by atoms with Crippen LogP contribution in [0.1, 0.15) is 94.9 Å². The van der Waals surface area contributed by atoms with E-state index in [1.165, 1.54) is 59.1 Å². The van der Waals surface area contributed by atoms with E-state index in [1.54, 1.807) is 0 Å². The largest absolute Gasteiger partial charge is 0.0850 e. The molecule has 0 amide bonds. The monoisotopic (exact) mass is 536 g/mol. The predicted molar refractivity (Wildman–Crippen MR) is 181 cm³/mol. The minimum Gasteiger partial charge on any atom is -0.0850 e. The van der Waals surface area contributed by atoms with Gasteiger partial charge in [0.1, 0.15) is 0 Å². The zero-order valence-electron chi connectivity index (χ0n) is 27.2. The molecule has 0 heterocycles. The average Bonchev–Trinajstić information content (AvgIpc) is 2.85. The molecule has 0 N–H and O–H groups in total. The molecule has 0 aromatic rings. The van der Waals surface area contributed by atoms with Gasteiger partial charge in [-0.25, -0.2) is 0 Å². The Morgan fingerprint density at radius 3 is 1.23 bits per heavy atom. The number of rotatable bonds is 10. The lowest BCUT2D eigenvalue weighted by Crippen LogP contribution is -2.26. The summed E-state index contributed by atoms with van der Waals surface area (Å²) in [7, 11) is 0. The summed E-state index contributed by atoms with van der Waals surface area (Å²) in [5, 5.41) is 0. The van der Waals surface area contributed by atoms with Gasteiger partial charge in [0.05, 0.1) is 0 Å². The molecule has 0 saturated carbocycles. The molecule has 40 heavy (non-hydrogen) atoms. The second-order valence-corrected chi connectivity index (χ2v) is 13.4. The molecule has 0 heteroatoms. The maximum Gasteiger partial charge on any atom is 0.00285 e. The Morgan fingerprint density at radius 1 is 0.550 bits per heavy atom. The molecule has 2 atom stereocenters. The fourth-order valence-corrected chi connectivity index (χ4v) is 5.80. The van der Waals surface area contributed by atoms with E-state index in [4.69, 9.17) is 0 Å². The summed E-state index contributed by atoms with van der Waals surface area (Å²) in [5.41, 5.74) is 8.72. The fourth-order valence-electron chi connectivity index (χ4n) is 5.80. The third-order valence-corrected chi connectivity index (χ3v) is 8.54. The minimum absolute atomic E-state index is 0.343. The van der Waals surface area contributed by atoms with Crippen LogP contribution in [0.5, 0.6) is 0 Å². The summed E-state index contributed by atoms with van der Waals surface area (Å²) in [5.74, 6) is 1.06. The standard InChI is InChI=1S/C40H56/c1-31(19-13-21-33(3)25-27-37-35(5)23-15-29-39(37,7)8)17-11-12-18-32(2)20-14-22-34(4)26-28-38-36(6)24-16-30-40(38,9)10/h11-14,17-28,37-38H,15-16,29-30H2,1-10H3/b12-11+,19-13-,20-14-,27-25+,28-26+,31-17+,32-18+,33-21-,34-22-/t37-,38+. The third-order valence-electron chi connectivity index (χ3n) is 8.54. The van der Waals surface area contributed by atoms with Crippen LogP contribution in [0.15, 0.2) is 131 Å². The highest BCUT2D eigenvalue weighted by Crippen LogP contribution is 2.42. The molecule has 0 saturated heterocycles. The Bertz CT molecular complexity index is 1090. The Labute approximate surface area is 247 Å². The maximum absolute atomic E-state index is 2.40. The van der Waals surface area contributed by atoms with Gasteiger partial charge >= 0.3 is 0 Å². The molecule has 0 fully saturated rings. The first kappa shape index (κ1) is 33.3. The summed E-state index contributed by atoms with van der Waals surface area (Å²) in [6, 6.07) is 0. The van der Waals surface area contributed by atoms with E-state index < -0.39 is 0 Å². The summed E-state index contributed by atoms with van der Waals surface area (Å²) in [6.45, 7) is 22.7. The van der Waals surface area contributed by atoms with Crippen molar-refractivity contribution in [3.63, 3.8) is 0 Å². The van der Waals surface area contributed by atoms with E-state index in [0.29, 0.717) is 22.7 Å². The van der Waals surface area contributed by atoms with Crippen molar-refractivity contribution in [2.75, 3.05) is 0 Å². The molecule has 0 nitrogen and oxygen atoms in total. The van der Waals surface area contributed by atoms with E-state index >= 15 is 0 Å². The second kappa shape index (κ2) is 15.8. The van der Waals surface area contributed by atoms with Gasteiger partial charge in [-0.1, -0.05) is 158 Å². The van der Waals surface area contributed by atoms with Crippen molar-refractivity contribution in [2.45, 2.75) is 94.9 Å². The van der Waals surface area contributed by atoms with Crippen molar-refractivity contribution in [2.24, 2.45) is 22.7 Å². The normalized spacial score (nSPS) is 25.1. The van der Waals surface area contributed by atoms with Crippen LogP contribution in [-0.2, 0) is 0 Å². The lowest BCUT2D eigenvalue weighted by Gasteiger charge is -2.36. The summed E-state index contributed by atoms with van der Waals surface area (Å²) >= 11 is 0. The first-order valence-corrected chi connectivity index (χ1v) is 15.2. The molecule has 0 spiro atoms. The van der Waals surface area contributed by atoms with Crippen LogP contribution in [0.2, 0.25) is 0 Å². The van der Waals surface area contributed by atoms with Crippen LogP contribution >= 0.6 is 0 Å². The zero-order valence-corrected chi connectivity index (χ0v) is 27.2. The quantitative estimate of drug-likeness (QED) is 0.192. The van der Waals surface area contributed by atoms with E-state index in [9.17, 15) is 0 Å². The van der Waals surface area contributed by atoms with Crippen molar-refractivity contribution in [3.05, 3.63) is 131 Å². The van der Waals surface area contributed by atoms with E-state index in [-0.39, 0.29) is 0 Å². The molecule has 216 valence electrons.